The van der Waals surface area contributed by atoms with Gasteiger partial charge in [0.25, 0.3) is 5.91 Å². The third-order valence-corrected chi connectivity index (χ3v) is 6.89. The highest BCUT2D eigenvalue weighted by Gasteiger charge is 2.20. The number of carbonyl (C=O) groups excluding carboxylic acids is 2. The number of pyridine rings is 1. The Balaban J connectivity index is 1.48. The van der Waals surface area contributed by atoms with Gasteiger partial charge in [0.15, 0.2) is 5.11 Å². The van der Waals surface area contributed by atoms with E-state index < -0.39 is 0 Å². The van der Waals surface area contributed by atoms with Gasteiger partial charge in [-0.15, -0.1) is 0 Å². The summed E-state index contributed by atoms with van der Waals surface area (Å²) in [7, 11) is 2.06. The van der Waals surface area contributed by atoms with Crippen LogP contribution in [-0.4, -0.2) is 71.6 Å². The Bertz CT molecular complexity index is 1270. The van der Waals surface area contributed by atoms with E-state index in [1.165, 1.54) is 0 Å². The number of hydrogen-bond acceptors (Lipinski definition) is 5. The molecule has 4 rings (SSSR count). The van der Waals surface area contributed by atoms with Crippen LogP contribution in [0.1, 0.15) is 29.3 Å². The van der Waals surface area contributed by atoms with Gasteiger partial charge in [-0.25, -0.2) is 9.78 Å². The highest BCUT2D eigenvalue weighted by molar-refractivity contribution is 7.80. The van der Waals surface area contributed by atoms with Gasteiger partial charge in [0, 0.05) is 55.7 Å². The lowest BCUT2D eigenvalue weighted by molar-refractivity contribution is 0.0977. The summed E-state index contributed by atoms with van der Waals surface area (Å²) in [5.41, 5.74) is 4.41. The topological polar surface area (TPSA) is 80.8 Å². The van der Waals surface area contributed by atoms with Crippen LogP contribution in [0.5, 0.6) is 0 Å². The molecular weight excluding hydrogens is 496 g/mol. The number of carbonyl (C=O) groups is 2. The molecule has 0 saturated carbocycles. The second-order valence-electron chi connectivity index (χ2n) is 9.43. The van der Waals surface area contributed by atoms with E-state index in [0.29, 0.717) is 36.1 Å². The number of urea groups is 1. The monoisotopic (exact) mass is 530 g/mol. The Hall–Kier alpha value is -3.82. The van der Waals surface area contributed by atoms with Gasteiger partial charge in [-0.3, -0.25) is 15.4 Å². The van der Waals surface area contributed by atoms with Gasteiger partial charge in [0.05, 0.1) is 0 Å². The van der Waals surface area contributed by atoms with Crippen molar-refractivity contribution in [2.75, 3.05) is 50.0 Å². The number of nitrogens with zero attached hydrogens (tertiary/aromatic N) is 4. The molecule has 2 N–H and O–H groups in total. The number of benzene rings is 2. The van der Waals surface area contributed by atoms with E-state index in [9.17, 15) is 9.59 Å². The normalized spacial score (nSPS) is 13.6. The Morgan fingerprint density at radius 3 is 2.37 bits per heavy atom. The molecule has 1 aromatic heterocycles. The molecule has 8 nitrogen and oxygen atoms in total. The van der Waals surface area contributed by atoms with E-state index in [-0.39, 0.29) is 11.9 Å². The number of aromatic nitrogens is 1. The van der Waals surface area contributed by atoms with Crippen LogP contribution in [0.2, 0.25) is 0 Å². The Morgan fingerprint density at radius 1 is 1.00 bits per heavy atom. The van der Waals surface area contributed by atoms with Crippen LogP contribution < -0.4 is 15.5 Å². The summed E-state index contributed by atoms with van der Waals surface area (Å²) in [5.74, 6) is 0.284. The number of likely N-dealkylation sites (N-methyl/N-ethyl adjacent to an activating group) is 1. The highest BCUT2D eigenvalue weighted by atomic mass is 32.1. The zero-order valence-corrected chi connectivity index (χ0v) is 22.9. The fraction of sp³-hybridized carbons (Fsp3) is 0.310. The van der Waals surface area contributed by atoms with E-state index in [4.69, 9.17) is 12.2 Å². The number of amides is 3. The molecule has 38 heavy (non-hydrogen) atoms. The van der Waals surface area contributed by atoms with E-state index in [2.05, 4.69) is 40.6 Å². The van der Waals surface area contributed by atoms with Crippen LogP contribution >= 0.6 is 12.2 Å². The molecule has 9 heteroatoms. The van der Waals surface area contributed by atoms with Crippen LogP contribution in [0, 0.1) is 6.92 Å². The smallest absolute Gasteiger partial charge is 0.322 e. The van der Waals surface area contributed by atoms with Crippen molar-refractivity contribution >= 4 is 40.8 Å². The Morgan fingerprint density at radius 2 is 1.71 bits per heavy atom. The van der Waals surface area contributed by atoms with Gasteiger partial charge in [-0.1, -0.05) is 37.3 Å². The first-order valence-corrected chi connectivity index (χ1v) is 13.3. The molecule has 198 valence electrons. The van der Waals surface area contributed by atoms with Gasteiger partial charge in [-0.05, 0) is 74.1 Å². The SMILES string of the molecule is CCCN(C(=S)NC(=O)c1ccccc1)c1cc(-c2ccc(NC(=O)N3CCN(C)CC3)nc2)ccc1C. The van der Waals surface area contributed by atoms with Crippen molar-refractivity contribution in [1.29, 1.82) is 0 Å². The van der Waals surface area contributed by atoms with Crippen molar-refractivity contribution in [1.82, 2.24) is 20.1 Å². The molecule has 0 aliphatic carbocycles. The molecule has 1 aliphatic heterocycles. The van der Waals surface area contributed by atoms with Crippen molar-refractivity contribution in [3.63, 3.8) is 0 Å². The third-order valence-electron chi connectivity index (χ3n) is 6.57. The van der Waals surface area contributed by atoms with Crippen molar-refractivity contribution in [3.8, 4) is 11.1 Å². The summed E-state index contributed by atoms with van der Waals surface area (Å²) in [5, 5.41) is 6.14. The average Bonchev–Trinajstić information content (AvgIpc) is 2.93. The molecule has 2 heterocycles. The average molecular weight is 531 g/mol. The zero-order chi connectivity index (χ0) is 27.1. The quantitative estimate of drug-likeness (QED) is 0.447. The Labute approximate surface area is 229 Å². The summed E-state index contributed by atoms with van der Waals surface area (Å²) in [6.45, 7) is 7.90. The van der Waals surface area contributed by atoms with Gasteiger partial charge < -0.3 is 14.7 Å². The lowest BCUT2D eigenvalue weighted by Crippen LogP contribution is -2.48. The number of anilines is 2. The summed E-state index contributed by atoms with van der Waals surface area (Å²) < 4.78 is 0. The van der Waals surface area contributed by atoms with Crippen molar-refractivity contribution in [2.24, 2.45) is 0 Å². The van der Waals surface area contributed by atoms with Crippen molar-refractivity contribution in [2.45, 2.75) is 20.3 Å². The fourth-order valence-electron chi connectivity index (χ4n) is 4.30. The van der Waals surface area contributed by atoms with Gasteiger partial charge in [-0.2, -0.15) is 0 Å². The molecule has 3 amide bonds. The molecule has 0 radical (unpaired) electrons. The number of rotatable bonds is 6. The number of piperazine rings is 1. The molecule has 0 atom stereocenters. The summed E-state index contributed by atoms with van der Waals surface area (Å²) in [6, 6.07) is 18.8. The zero-order valence-electron chi connectivity index (χ0n) is 22.1. The minimum atomic E-state index is -0.232. The molecular formula is C29H34N6O2S. The molecule has 1 fully saturated rings. The first kappa shape index (κ1) is 27.2. The van der Waals surface area contributed by atoms with E-state index in [1.807, 2.05) is 59.2 Å². The fourth-order valence-corrected chi connectivity index (χ4v) is 4.58. The Kier molecular flexibility index (Phi) is 9.04. The van der Waals surface area contributed by atoms with Crippen LogP contribution in [0.25, 0.3) is 11.1 Å². The van der Waals surface area contributed by atoms with Crippen LogP contribution in [0.4, 0.5) is 16.3 Å². The van der Waals surface area contributed by atoms with E-state index in [1.54, 1.807) is 18.3 Å². The summed E-state index contributed by atoms with van der Waals surface area (Å²) in [6.07, 6.45) is 2.61. The van der Waals surface area contributed by atoms with Gasteiger partial charge in [0.2, 0.25) is 0 Å². The number of aryl methyl sites for hydroxylation is 1. The number of nitrogens with one attached hydrogen (secondary N) is 2. The first-order chi connectivity index (χ1) is 18.4. The molecule has 2 aromatic carbocycles. The van der Waals surface area contributed by atoms with Gasteiger partial charge in [0.1, 0.15) is 5.82 Å². The lowest BCUT2D eigenvalue weighted by atomic mass is 10.0. The molecule has 0 unspecified atom stereocenters. The number of hydrogen-bond donors (Lipinski definition) is 2. The summed E-state index contributed by atoms with van der Waals surface area (Å²) >= 11 is 5.67. The third kappa shape index (κ3) is 6.73. The maximum atomic E-state index is 12.7. The molecule has 3 aromatic rings. The number of thiocarbonyl (C=S) groups is 1. The van der Waals surface area contributed by atoms with E-state index in [0.717, 1.165) is 41.9 Å². The second-order valence-corrected chi connectivity index (χ2v) is 9.82. The standard InChI is InChI=1S/C29H34N6O2S/c1-4-14-35(29(38)32-27(36)22-8-6-5-7-9-22)25-19-23(11-10-21(25)2)24-12-13-26(30-20-24)31-28(37)34-17-15-33(3)16-18-34/h5-13,19-20H,4,14-18H2,1-3H3,(H,30,31,37)(H,32,36,38). The predicted octanol–water partition coefficient (Wildman–Crippen LogP) is 4.77. The van der Waals surface area contributed by atoms with Crippen LogP contribution in [0.15, 0.2) is 66.9 Å². The molecule has 1 saturated heterocycles. The maximum Gasteiger partial charge on any atom is 0.323 e. The second kappa shape index (κ2) is 12.6. The minimum Gasteiger partial charge on any atom is -0.322 e. The molecule has 1 aliphatic rings. The van der Waals surface area contributed by atoms with Crippen molar-refractivity contribution in [3.05, 3.63) is 78.0 Å². The lowest BCUT2D eigenvalue weighted by Gasteiger charge is -2.32. The van der Waals surface area contributed by atoms with Crippen LogP contribution in [-0.2, 0) is 0 Å². The minimum absolute atomic E-state index is 0.128. The molecule has 0 spiro atoms. The van der Waals surface area contributed by atoms with Gasteiger partial charge >= 0.3 is 6.03 Å². The predicted molar refractivity (Wildman–Crippen MR) is 157 cm³/mol. The van der Waals surface area contributed by atoms with Crippen LogP contribution in [0.3, 0.4) is 0 Å². The maximum absolute atomic E-state index is 12.7. The van der Waals surface area contributed by atoms with E-state index >= 15 is 0 Å². The first-order valence-electron chi connectivity index (χ1n) is 12.8. The summed E-state index contributed by atoms with van der Waals surface area (Å²) in [4.78, 5) is 35.8. The van der Waals surface area contributed by atoms with Crippen molar-refractivity contribution < 1.29 is 9.59 Å². The molecule has 0 bridgehead atoms. The largest absolute Gasteiger partial charge is 0.323 e. The highest BCUT2D eigenvalue weighted by Crippen LogP contribution is 2.29.